The smallest absolute Gasteiger partial charge is 0.0471 e. The molecule has 4 aliphatic rings. The summed E-state index contributed by atoms with van der Waals surface area (Å²) in [6, 6.07) is 31.2. The van der Waals surface area contributed by atoms with Crippen LogP contribution < -0.4 is 0 Å². The maximum absolute atomic E-state index is 4.51. The van der Waals surface area contributed by atoms with E-state index in [9.17, 15) is 0 Å². The van der Waals surface area contributed by atoms with E-state index >= 15 is 0 Å². The number of aryl methyl sites for hydroxylation is 2. The van der Waals surface area contributed by atoms with Gasteiger partial charge in [-0.2, -0.15) is 0 Å². The predicted octanol–water partition coefficient (Wildman–Crippen LogP) is 20.9. The molecular formula is C74H112N6. The molecule has 0 N–H and O–H groups in total. The van der Waals surface area contributed by atoms with E-state index in [1.165, 1.54) is 83.3 Å². The Morgan fingerprint density at radius 2 is 0.863 bits per heavy atom. The molecule has 3 atom stereocenters. The van der Waals surface area contributed by atoms with Crippen LogP contribution in [0.2, 0.25) is 0 Å². The Labute approximate surface area is 491 Å². The number of nitrogens with zero attached hydrogens (tertiary/aromatic N) is 6. The molecule has 0 bridgehead atoms. The lowest BCUT2D eigenvalue weighted by Crippen LogP contribution is -2.19. The van der Waals surface area contributed by atoms with Gasteiger partial charge in [-0.15, -0.1) is 0 Å². The van der Waals surface area contributed by atoms with Crippen molar-refractivity contribution >= 4 is 6.21 Å². The summed E-state index contributed by atoms with van der Waals surface area (Å²) in [4.78, 5) is 25.4. The molecule has 6 heteroatoms. The summed E-state index contributed by atoms with van der Waals surface area (Å²) in [5.74, 6) is 2.15. The molecule has 3 unspecified atom stereocenters. The van der Waals surface area contributed by atoms with Crippen LogP contribution >= 0.6 is 0 Å². The first kappa shape index (κ1) is 70.5. The van der Waals surface area contributed by atoms with Crippen molar-refractivity contribution in [3.63, 3.8) is 0 Å². The van der Waals surface area contributed by atoms with E-state index in [2.05, 4.69) is 254 Å². The van der Waals surface area contributed by atoms with E-state index in [-0.39, 0.29) is 31.1 Å². The van der Waals surface area contributed by atoms with Crippen molar-refractivity contribution in [1.82, 2.24) is 24.9 Å². The topological polar surface area (TPSA) is 76.8 Å². The lowest BCUT2D eigenvalue weighted by atomic mass is 9.76. The summed E-state index contributed by atoms with van der Waals surface area (Å²) in [5.41, 5.74) is 16.1. The maximum atomic E-state index is 4.51. The fraction of sp³-hybridized carbons (Fsp3) is 0.541. The van der Waals surface area contributed by atoms with Crippen LogP contribution in [0.1, 0.15) is 249 Å². The van der Waals surface area contributed by atoms with Gasteiger partial charge < -0.3 is 0 Å². The van der Waals surface area contributed by atoms with Gasteiger partial charge in [0.2, 0.25) is 0 Å². The minimum atomic E-state index is 0. The van der Waals surface area contributed by atoms with Gasteiger partial charge in [-0.3, -0.25) is 29.9 Å². The van der Waals surface area contributed by atoms with Gasteiger partial charge in [0.05, 0.1) is 0 Å². The number of hydrogen-bond acceptors (Lipinski definition) is 6. The largest absolute Gasteiger partial charge is 0.265 e. The number of fused-ring (bicyclic) bond motifs is 2. The van der Waals surface area contributed by atoms with Crippen LogP contribution in [0.4, 0.5) is 0 Å². The molecule has 3 aliphatic carbocycles. The second-order valence-corrected chi connectivity index (χ2v) is 29.0. The summed E-state index contributed by atoms with van der Waals surface area (Å²) in [6.45, 7) is 47.2. The van der Waals surface area contributed by atoms with Crippen molar-refractivity contribution < 1.29 is 0 Å². The number of allylic oxidation sites excluding steroid dienone is 2. The Balaban J connectivity index is 0.000000319. The molecule has 6 heterocycles. The van der Waals surface area contributed by atoms with Gasteiger partial charge in [0, 0.05) is 90.6 Å². The van der Waals surface area contributed by atoms with Gasteiger partial charge in [0.15, 0.2) is 0 Å². The normalized spacial score (nSPS) is 17.0. The predicted molar refractivity (Wildman–Crippen MR) is 349 cm³/mol. The first-order valence-corrected chi connectivity index (χ1v) is 29.1. The zero-order valence-electron chi connectivity index (χ0n) is 52.7. The summed E-state index contributed by atoms with van der Waals surface area (Å²) in [7, 11) is 0. The van der Waals surface area contributed by atoms with Crippen molar-refractivity contribution in [3.05, 3.63) is 197 Å². The Morgan fingerprint density at radius 3 is 1.34 bits per heavy atom. The first-order chi connectivity index (χ1) is 36.2. The molecule has 1 aliphatic heterocycles. The van der Waals surface area contributed by atoms with Crippen LogP contribution in [0.15, 0.2) is 157 Å². The molecule has 80 heavy (non-hydrogen) atoms. The van der Waals surface area contributed by atoms with Gasteiger partial charge in [-0.25, -0.2) is 0 Å². The molecular weight excluding hydrogens is 973 g/mol. The van der Waals surface area contributed by atoms with Crippen molar-refractivity contribution in [2.24, 2.45) is 27.2 Å². The third-order valence-corrected chi connectivity index (χ3v) is 15.3. The Kier molecular flexibility index (Phi) is 26.8. The summed E-state index contributed by atoms with van der Waals surface area (Å²) in [6.07, 6.45) is 25.9. The average molecular weight is 1090 g/mol. The first-order valence-electron chi connectivity index (χ1n) is 29.1. The van der Waals surface area contributed by atoms with Gasteiger partial charge in [0.1, 0.15) is 0 Å². The number of aromatic nitrogens is 5. The average Bonchev–Trinajstić information content (AvgIpc) is 4.20. The lowest BCUT2D eigenvalue weighted by molar-refractivity contribution is 0.276. The van der Waals surface area contributed by atoms with Crippen molar-refractivity contribution in [2.75, 3.05) is 0 Å². The van der Waals surface area contributed by atoms with Crippen LogP contribution in [0, 0.1) is 22.2 Å². The van der Waals surface area contributed by atoms with Crippen molar-refractivity contribution in [1.29, 1.82) is 0 Å². The van der Waals surface area contributed by atoms with E-state index in [0.717, 1.165) is 18.0 Å². The highest BCUT2D eigenvalue weighted by molar-refractivity contribution is 5.68. The standard InChI is InChI=1S/2C12H17N.C11H17N.C10H14.3C9H13N.2CH4/c1-12(2,3)11-5-4-9-6-7-13-8-10(9)11;1-12(2,3)10-7-6-9-5-4-8-13-11(9)10;1-11(2,3)9-4-5-10-8(9)6-7-12-10;1-10(2,3)9-7-5-4-6-8-9;1-9(2,3)8-4-6-10-7-5-8;1-9(2,3)8-5-4-6-10-7-8;1-9(2,3)8-6-4-5-7-10-8;;/h6-8,11H,4-5H2,1-3H3;4-5,8,10H,6-7H2,1-3H3;7,9H,4-6H2,1-3H3;4-8H,1-3H3;3*4-7H,1-3H3;2*1H4. The quantitative estimate of drug-likeness (QED) is 0.151. The number of benzene rings is 1. The van der Waals surface area contributed by atoms with Crippen molar-refractivity contribution in [2.45, 2.75) is 239 Å². The molecule has 5 aromatic heterocycles. The molecule has 438 valence electrons. The summed E-state index contributed by atoms with van der Waals surface area (Å²) < 4.78 is 0. The fourth-order valence-corrected chi connectivity index (χ4v) is 10.4. The van der Waals surface area contributed by atoms with E-state index in [0.29, 0.717) is 33.5 Å². The number of rotatable bonds is 0. The molecule has 0 spiro atoms. The fourth-order valence-electron chi connectivity index (χ4n) is 10.4. The van der Waals surface area contributed by atoms with Gasteiger partial charge in [-0.1, -0.05) is 209 Å². The van der Waals surface area contributed by atoms with E-state index in [1.807, 2.05) is 61.4 Å². The highest BCUT2D eigenvalue weighted by Crippen LogP contribution is 2.47. The molecule has 1 aromatic carbocycles. The van der Waals surface area contributed by atoms with Gasteiger partial charge in [-0.05, 0) is 164 Å². The zero-order chi connectivity index (χ0) is 58.2. The molecule has 0 saturated heterocycles. The highest BCUT2D eigenvalue weighted by Gasteiger charge is 2.36. The number of aliphatic imine (C=N–C) groups is 1. The molecule has 10 rings (SSSR count). The molecule has 6 nitrogen and oxygen atoms in total. The molecule has 0 saturated carbocycles. The van der Waals surface area contributed by atoms with Crippen LogP contribution in [0.3, 0.4) is 0 Å². The van der Waals surface area contributed by atoms with Crippen LogP contribution in [-0.2, 0) is 34.5 Å². The lowest BCUT2D eigenvalue weighted by Gasteiger charge is -2.28. The molecule has 0 amide bonds. The number of pyridine rings is 5. The Morgan fingerprint density at radius 1 is 0.375 bits per heavy atom. The van der Waals surface area contributed by atoms with E-state index in [1.54, 1.807) is 11.8 Å². The van der Waals surface area contributed by atoms with E-state index in [4.69, 9.17) is 0 Å². The third-order valence-electron chi connectivity index (χ3n) is 15.3. The second kappa shape index (κ2) is 30.4. The third kappa shape index (κ3) is 22.7. The highest BCUT2D eigenvalue weighted by atomic mass is 14.8. The SMILES string of the molecule is C.C.CC(C)(C)C1CCC2=C1CC=N2.CC(C)(C)C1CCc2cccnc21.CC(C)(C)C1CCc2ccncc21.CC(C)(C)c1ccccc1.CC(C)(C)c1ccccn1.CC(C)(C)c1cccnc1.CC(C)(C)c1ccncc1. The maximum Gasteiger partial charge on any atom is 0.0471 e. The minimum Gasteiger partial charge on any atom is -0.265 e. The summed E-state index contributed by atoms with van der Waals surface area (Å²) in [5, 5.41) is 0. The molecule has 0 fully saturated rings. The molecule has 0 radical (unpaired) electrons. The van der Waals surface area contributed by atoms with Gasteiger partial charge in [0.25, 0.3) is 0 Å². The van der Waals surface area contributed by atoms with Gasteiger partial charge >= 0.3 is 0 Å². The van der Waals surface area contributed by atoms with Crippen molar-refractivity contribution in [3.8, 4) is 0 Å². The Bertz CT molecular complexity index is 2460. The monoisotopic (exact) mass is 1080 g/mol. The molecule has 6 aromatic rings. The van der Waals surface area contributed by atoms with Crippen LogP contribution in [0.5, 0.6) is 0 Å². The van der Waals surface area contributed by atoms with E-state index < -0.39 is 0 Å². The number of hydrogen-bond donors (Lipinski definition) is 0. The summed E-state index contributed by atoms with van der Waals surface area (Å²) >= 11 is 0. The van der Waals surface area contributed by atoms with Crippen LogP contribution in [0.25, 0.3) is 0 Å². The zero-order valence-corrected chi connectivity index (χ0v) is 52.7. The Hall–Kier alpha value is -5.62. The second-order valence-electron chi connectivity index (χ2n) is 29.0. The van der Waals surface area contributed by atoms with Crippen LogP contribution in [-0.4, -0.2) is 31.1 Å². The minimum absolute atomic E-state index is 0.